The van der Waals surface area contributed by atoms with Crippen LogP contribution in [0.3, 0.4) is 0 Å². The van der Waals surface area contributed by atoms with Gasteiger partial charge in [0, 0.05) is 18.6 Å². The van der Waals surface area contributed by atoms with Gasteiger partial charge in [0.25, 0.3) is 0 Å². The van der Waals surface area contributed by atoms with Crippen molar-refractivity contribution < 1.29 is 9.18 Å². The van der Waals surface area contributed by atoms with Crippen molar-refractivity contribution in [1.82, 2.24) is 15.6 Å². The smallest absolute Gasteiger partial charge is 0.315 e. The third kappa shape index (κ3) is 4.12. The van der Waals surface area contributed by atoms with Crippen molar-refractivity contribution in [3.63, 3.8) is 0 Å². The van der Waals surface area contributed by atoms with Gasteiger partial charge < -0.3 is 10.6 Å². The molecule has 0 aliphatic carbocycles. The molecular weight excluding hydrogens is 221 g/mol. The summed E-state index contributed by atoms with van der Waals surface area (Å²) < 4.78 is 13.0. The van der Waals surface area contributed by atoms with Crippen molar-refractivity contribution in [2.45, 2.75) is 6.54 Å². The monoisotopic (exact) mass is 231 g/mol. The Morgan fingerprint density at radius 1 is 1.53 bits per heavy atom. The lowest BCUT2D eigenvalue weighted by Gasteiger charge is -2.05. The molecule has 0 unspecified atom stereocenters. The zero-order valence-electron chi connectivity index (χ0n) is 7.96. The van der Waals surface area contributed by atoms with Gasteiger partial charge in [0.1, 0.15) is 5.82 Å². The highest BCUT2D eigenvalue weighted by Crippen LogP contribution is 2.01. The molecular formula is C9H11ClFN3O. The number of hydrogen-bond donors (Lipinski definition) is 2. The van der Waals surface area contributed by atoms with Crippen molar-refractivity contribution in [2.75, 3.05) is 12.4 Å². The van der Waals surface area contributed by atoms with Crippen LogP contribution >= 0.6 is 11.6 Å². The van der Waals surface area contributed by atoms with E-state index in [4.69, 9.17) is 11.6 Å². The zero-order valence-corrected chi connectivity index (χ0v) is 8.72. The first-order valence-electron chi connectivity index (χ1n) is 4.41. The largest absolute Gasteiger partial charge is 0.337 e. The zero-order chi connectivity index (χ0) is 11.1. The average molecular weight is 232 g/mol. The quantitative estimate of drug-likeness (QED) is 0.767. The second-order valence-corrected chi connectivity index (χ2v) is 3.11. The predicted molar refractivity (Wildman–Crippen MR) is 55.2 cm³/mol. The number of pyridine rings is 1. The van der Waals surface area contributed by atoms with Crippen LogP contribution in [0, 0.1) is 5.82 Å². The Kier molecular flexibility index (Phi) is 4.83. The minimum absolute atomic E-state index is 0.0563. The van der Waals surface area contributed by atoms with E-state index >= 15 is 0 Å². The summed E-state index contributed by atoms with van der Waals surface area (Å²) in [6.07, 6.45) is 1.47. The molecule has 0 fully saturated rings. The molecule has 0 aromatic carbocycles. The number of hydrogen-bond acceptors (Lipinski definition) is 2. The molecule has 82 valence electrons. The maximum absolute atomic E-state index is 13.0. The van der Waals surface area contributed by atoms with Gasteiger partial charge in [-0.3, -0.25) is 4.98 Å². The van der Waals surface area contributed by atoms with E-state index in [1.165, 1.54) is 18.3 Å². The number of halogens is 2. The lowest BCUT2D eigenvalue weighted by molar-refractivity contribution is 0.241. The summed E-state index contributed by atoms with van der Waals surface area (Å²) in [5.74, 6) is -0.0964. The van der Waals surface area contributed by atoms with Crippen LogP contribution in [0.4, 0.5) is 9.18 Å². The van der Waals surface area contributed by atoms with E-state index in [9.17, 15) is 9.18 Å². The van der Waals surface area contributed by atoms with Gasteiger partial charge in [-0.15, -0.1) is 11.6 Å². The summed E-state index contributed by atoms with van der Waals surface area (Å²) >= 11 is 5.37. The van der Waals surface area contributed by atoms with E-state index in [-0.39, 0.29) is 18.3 Å². The molecule has 0 bridgehead atoms. The van der Waals surface area contributed by atoms with E-state index in [1.54, 1.807) is 0 Å². The van der Waals surface area contributed by atoms with Crippen molar-refractivity contribution in [3.8, 4) is 0 Å². The van der Waals surface area contributed by atoms with Crippen LogP contribution in [0.5, 0.6) is 0 Å². The molecule has 15 heavy (non-hydrogen) atoms. The third-order valence-corrected chi connectivity index (χ3v) is 1.82. The van der Waals surface area contributed by atoms with E-state index < -0.39 is 5.82 Å². The molecule has 0 aliphatic rings. The van der Waals surface area contributed by atoms with Crippen molar-refractivity contribution in [2.24, 2.45) is 0 Å². The SMILES string of the molecule is O=C(NCCCl)NCc1ncccc1F. The fourth-order valence-corrected chi connectivity index (χ4v) is 1.03. The van der Waals surface area contributed by atoms with Gasteiger partial charge in [-0.2, -0.15) is 0 Å². The van der Waals surface area contributed by atoms with Gasteiger partial charge in [0.15, 0.2) is 0 Å². The van der Waals surface area contributed by atoms with E-state index in [0.717, 1.165) is 0 Å². The summed E-state index contributed by atoms with van der Waals surface area (Å²) in [5, 5.41) is 4.95. The Labute approximate surface area is 91.8 Å². The first kappa shape index (κ1) is 11.7. The van der Waals surface area contributed by atoms with Gasteiger partial charge in [0.2, 0.25) is 0 Å². The molecule has 0 saturated heterocycles. The summed E-state index contributed by atoms with van der Waals surface area (Å²) in [6.45, 7) is 0.429. The topological polar surface area (TPSA) is 54.0 Å². The molecule has 4 nitrogen and oxygen atoms in total. The number of alkyl halides is 1. The number of urea groups is 1. The van der Waals surface area contributed by atoms with Crippen LogP contribution in [-0.4, -0.2) is 23.4 Å². The molecule has 2 amide bonds. The van der Waals surface area contributed by atoms with Gasteiger partial charge in [-0.25, -0.2) is 9.18 Å². The lowest BCUT2D eigenvalue weighted by atomic mass is 10.3. The maximum atomic E-state index is 13.0. The molecule has 0 radical (unpaired) electrons. The third-order valence-electron chi connectivity index (χ3n) is 1.63. The molecule has 0 aliphatic heterocycles. The highest BCUT2D eigenvalue weighted by Gasteiger charge is 2.04. The molecule has 1 heterocycles. The lowest BCUT2D eigenvalue weighted by Crippen LogP contribution is -2.36. The molecule has 1 rings (SSSR count). The predicted octanol–water partition coefficient (Wildman–Crippen LogP) is 1.26. The van der Waals surface area contributed by atoms with Crippen LogP contribution in [0.2, 0.25) is 0 Å². The van der Waals surface area contributed by atoms with Crippen LogP contribution in [0.15, 0.2) is 18.3 Å². The average Bonchev–Trinajstić information content (AvgIpc) is 2.25. The Balaban J connectivity index is 2.37. The van der Waals surface area contributed by atoms with Gasteiger partial charge in [-0.1, -0.05) is 0 Å². The number of nitrogens with one attached hydrogen (secondary N) is 2. The fraction of sp³-hybridized carbons (Fsp3) is 0.333. The van der Waals surface area contributed by atoms with Gasteiger partial charge >= 0.3 is 6.03 Å². The first-order valence-corrected chi connectivity index (χ1v) is 4.94. The highest BCUT2D eigenvalue weighted by molar-refractivity contribution is 6.18. The number of rotatable bonds is 4. The van der Waals surface area contributed by atoms with Crippen LogP contribution in [0.1, 0.15) is 5.69 Å². The number of carbonyl (C=O) groups is 1. The molecule has 0 spiro atoms. The molecule has 0 atom stereocenters. The normalized spacial score (nSPS) is 9.73. The van der Waals surface area contributed by atoms with E-state index in [2.05, 4.69) is 15.6 Å². The maximum Gasteiger partial charge on any atom is 0.315 e. The number of nitrogens with zero attached hydrogens (tertiary/aromatic N) is 1. The van der Waals surface area contributed by atoms with Crippen molar-refractivity contribution in [1.29, 1.82) is 0 Å². The number of amides is 2. The molecule has 2 N–H and O–H groups in total. The van der Waals surface area contributed by atoms with Crippen LogP contribution < -0.4 is 10.6 Å². The molecule has 1 aromatic rings. The highest BCUT2D eigenvalue weighted by atomic mass is 35.5. The Morgan fingerprint density at radius 3 is 3.00 bits per heavy atom. The van der Waals surface area contributed by atoms with E-state index in [0.29, 0.717) is 12.4 Å². The second-order valence-electron chi connectivity index (χ2n) is 2.73. The second kappa shape index (κ2) is 6.19. The van der Waals surface area contributed by atoms with Gasteiger partial charge in [0.05, 0.1) is 12.2 Å². The fourth-order valence-electron chi connectivity index (χ4n) is 0.936. The molecule has 1 aromatic heterocycles. The minimum atomic E-state index is -0.435. The first-order chi connectivity index (χ1) is 7.24. The number of carbonyl (C=O) groups excluding carboxylic acids is 1. The summed E-state index contributed by atoms with van der Waals surface area (Å²) in [6, 6.07) is 2.40. The van der Waals surface area contributed by atoms with E-state index in [1.807, 2.05) is 0 Å². The Hall–Kier alpha value is -1.36. The minimum Gasteiger partial charge on any atom is -0.337 e. The molecule has 6 heteroatoms. The van der Waals surface area contributed by atoms with Crippen LogP contribution in [0.25, 0.3) is 0 Å². The number of aromatic nitrogens is 1. The van der Waals surface area contributed by atoms with Gasteiger partial charge in [-0.05, 0) is 12.1 Å². The van der Waals surface area contributed by atoms with Crippen molar-refractivity contribution >= 4 is 17.6 Å². The standard InChI is InChI=1S/C9H11ClFN3O/c10-3-5-13-9(15)14-6-8-7(11)2-1-4-12-8/h1-2,4H,3,5-6H2,(H2,13,14,15). The van der Waals surface area contributed by atoms with Crippen molar-refractivity contribution in [3.05, 3.63) is 29.8 Å². The van der Waals surface area contributed by atoms with Crippen LogP contribution in [-0.2, 0) is 6.54 Å². The summed E-state index contributed by atoms with van der Waals surface area (Å²) in [5.41, 5.74) is 0.207. The summed E-state index contributed by atoms with van der Waals surface area (Å²) in [7, 11) is 0. The summed E-state index contributed by atoms with van der Waals surface area (Å²) in [4.78, 5) is 14.8. The molecule has 0 saturated carbocycles. The Morgan fingerprint density at radius 2 is 2.33 bits per heavy atom. The Bertz CT molecular complexity index is 335.